The van der Waals surface area contributed by atoms with Gasteiger partial charge < -0.3 is 16.2 Å². The van der Waals surface area contributed by atoms with Crippen molar-refractivity contribution in [1.29, 1.82) is 0 Å². The lowest BCUT2D eigenvalue weighted by molar-refractivity contribution is 0.473. The Kier molecular flexibility index (Phi) is 3.74. The van der Waals surface area contributed by atoms with Gasteiger partial charge in [0.25, 0.3) is 0 Å². The highest BCUT2D eigenvalue weighted by atomic mass is 16.5. The number of hydrogen-bond donors (Lipinski definition) is 2. The fourth-order valence-corrected chi connectivity index (χ4v) is 1.59. The Morgan fingerprint density at radius 1 is 1.22 bits per heavy atom. The van der Waals surface area contributed by atoms with E-state index < -0.39 is 0 Å². The van der Waals surface area contributed by atoms with E-state index in [-0.39, 0.29) is 5.95 Å². The van der Waals surface area contributed by atoms with Crippen molar-refractivity contribution >= 4 is 5.95 Å². The molecule has 94 valence electrons. The number of nitrogens with two attached hydrogens (primary N) is 2. The van der Waals surface area contributed by atoms with Gasteiger partial charge in [-0.2, -0.15) is 0 Å². The lowest BCUT2D eigenvalue weighted by Gasteiger charge is -2.08. The molecule has 4 N–H and O–H groups in total. The zero-order valence-electron chi connectivity index (χ0n) is 10.3. The van der Waals surface area contributed by atoms with Crippen molar-refractivity contribution in [3.05, 3.63) is 41.7 Å². The second-order valence-electron chi connectivity index (χ2n) is 3.96. The van der Waals surface area contributed by atoms with Crippen LogP contribution in [0.1, 0.15) is 11.3 Å². The molecule has 18 heavy (non-hydrogen) atoms. The Morgan fingerprint density at radius 2 is 1.94 bits per heavy atom. The molecule has 0 fully saturated rings. The van der Waals surface area contributed by atoms with Crippen LogP contribution in [-0.4, -0.2) is 16.5 Å². The summed E-state index contributed by atoms with van der Waals surface area (Å²) < 4.78 is 5.69. The van der Waals surface area contributed by atoms with Crippen LogP contribution in [0.3, 0.4) is 0 Å². The highest BCUT2D eigenvalue weighted by Gasteiger charge is 2.04. The fourth-order valence-electron chi connectivity index (χ4n) is 1.59. The van der Waals surface area contributed by atoms with Crippen LogP contribution < -0.4 is 16.2 Å². The van der Waals surface area contributed by atoms with E-state index in [2.05, 4.69) is 9.97 Å². The molecular weight excluding hydrogens is 228 g/mol. The molecule has 5 nitrogen and oxygen atoms in total. The smallest absolute Gasteiger partial charge is 0.220 e. The van der Waals surface area contributed by atoms with Crippen LogP contribution in [0.15, 0.2) is 30.5 Å². The summed E-state index contributed by atoms with van der Waals surface area (Å²) in [6.45, 7) is 2.47. The molecule has 1 aromatic carbocycles. The number of benzene rings is 1. The van der Waals surface area contributed by atoms with E-state index in [0.29, 0.717) is 18.0 Å². The van der Waals surface area contributed by atoms with E-state index in [1.165, 1.54) is 5.56 Å². The standard InChI is InChI=1S/C13H16N4O/c1-9-12(8-16-13(15)17-9)18-11-4-2-10(3-5-11)6-7-14/h2-5,8H,6-7,14H2,1H3,(H2,15,16,17). The molecule has 5 heteroatoms. The molecule has 0 spiro atoms. The van der Waals surface area contributed by atoms with Crippen molar-refractivity contribution in [2.45, 2.75) is 13.3 Å². The third-order valence-corrected chi connectivity index (χ3v) is 2.54. The molecule has 0 atom stereocenters. The molecule has 0 saturated heterocycles. The average Bonchev–Trinajstić information content (AvgIpc) is 2.35. The summed E-state index contributed by atoms with van der Waals surface area (Å²) in [7, 11) is 0. The summed E-state index contributed by atoms with van der Waals surface area (Å²) in [5.41, 5.74) is 12.9. The first-order valence-electron chi connectivity index (χ1n) is 5.75. The maximum atomic E-state index is 5.69. The number of hydrogen-bond acceptors (Lipinski definition) is 5. The van der Waals surface area contributed by atoms with E-state index in [4.69, 9.17) is 16.2 Å². The monoisotopic (exact) mass is 244 g/mol. The average molecular weight is 244 g/mol. The molecule has 2 aromatic rings. The van der Waals surface area contributed by atoms with Crippen molar-refractivity contribution in [3.63, 3.8) is 0 Å². The van der Waals surface area contributed by atoms with Gasteiger partial charge in [-0.1, -0.05) is 12.1 Å². The molecule has 2 rings (SSSR count). The van der Waals surface area contributed by atoms with Crippen LogP contribution in [0.5, 0.6) is 11.5 Å². The maximum Gasteiger partial charge on any atom is 0.220 e. The molecule has 0 bridgehead atoms. The molecule has 0 unspecified atom stereocenters. The number of nitrogen functional groups attached to an aromatic ring is 1. The summed E-state index contributed by atoms with van der Waals surface area (Å²) in [6, 6.07) is 7.80. The molecule has 0 saturated carbocycles. The van der Waals surface area contributed by atoms with Gasteiger partial charge in [0, 0.05) is 0 Å². The Bertz CT molecular complexity index is 525. The summed E-state index contributed by atoms with van der Waals surface area (Å²) in [5, 5.41) is 0. The van der Waals surface area contributed by atoms with Crippen LogP contribution in [-0.2, 0) is 6.42 Å². The molecular formula is C13H16N4O. The molecule has 0 aliphatic heterocycles. The number of rotatable bonds is 4. The highest BCUT2D eigenvalue weighted by Crippen LogP contribution is 2.23. The van der Waals surface area contributed by atoms with Crippen molar-refractivity contribution in [3.8, 4) is 11.5 Å². The van der Waals surface area contributed by atoms with E-state index in [0.717, 1.165) is 12.2 Å². The SMILES string of the molecule is Cc1nc(N)ncc1Oc1ccc(CCN)cc1. The van der Waals surface area contributed by atoms with Gasteiger partial charge in [-0.25, -0.2) is 9.97 Å². The van der Waals surface area contributed by atoms with E-state index in [9.17, 15) is 0 Å². The molecule has 0 amide bonds. The summed E-state index contributed by atoms with van der Waals surface area (Å²) in [5.74, 6) is 1.60. The maximum absolute atomic E-state index is 5.69. The van der Waals surface area contributed by atoms with Gasteiger partial charge in [0.2, 0.25) is 5.95 Å². The zero-order chi connectivity index (χ0) is 13.0. The van der Waals surface area contributed by atoms with Gasteiger partial charge in [0.15, 0.2) is 5.75 Å². The predicted molar refractivity (Wildman–Crippen MR) is 70.5 cm³/mol. The number of aromatic nitrogens is 2. The van der Waals surface area contributed by atoms with Crippen LogP contribution in [0.2, 0.25) is 0 Å². The summed E-state index contributed by atoms with van der Waals surface area (Å²) in [6.07, 6.45) is 2.44. The predicted octanol–water partition coefficient (Wildman–Crippen LogP) is 1.66. The van der Waals surface area contributed by atoms with E-state index in [1.54, 1.807) is 6.20 Å². The molecule has 0 radical (unpaired) electrons. The van der Waals surface area contributed by atoms with Gasteiger partial charge in [-0.15, -0.1) is 0 Å². The van der Waals surface area contributed by atoms with E-state index >= 15 is 0 Å². The molecule has 1 aromatic heterocycles. The first-order chi connectivity index (χ1) is 8.69. The quantitative estimate of drug-likeness (QED) is 0.854. The lowest BCUT2D eigenvalue weighted by Crippen LogP contribution is -2.02. The van der Waals surface area contributed by atoms with Gasteiger partial charge in [0.1, 0.15) is 5.75 Å². The minimum absolute atomic E-state index is 0.248. The van der Waals surface area contributed by atoms with Gasteiger partial charge in [0.05, 0.1) is 11.9 Å². The second kappa shape index (κ2) is 5.46. The normalized spacial score (nSPS) is 10.3. The second-order valence-corrected chi connectivity index (χ2v) is 3.96. The van der Waals surface area contributed by atoms with Crippen LogP contribution in [0, 0.1) is 6.92 Å². The van der Waals surface area contributed by atoms with Gasteiger partial charge in [-0.3, -0.25) is 0 Å². The number of ether oxygens (including phenoxy) is 1. The minimum atomic E-state index is 0.248. The first-order valence-corrected chi connectivity index (χ1v) is 5.75. The number of nitrogens with zero attached hydrogens (tertiary/aromatic N) is 2. The van der Waals surface area contributed by atoms with Crippen LogP contribution >= 0.6 is 0 Å². The molecule has 0 aliphatic rings. The van der Waals surface area contributed by atoms with Crippen molar-refractivity contribution in [1.82, 2.24) is 9.97 Å². The minimum Gasteiger partial charge on any atom is -0.454 e. The van der Waals surface area contributed by atoms with Crippen LogP contribution in [0.4, 0.5) is 5.95 Å². The topological polar surface area (TPSA) is 87.0 Å². The van der Waals surface area contributed by atoms with Crippen molar-refractivity contribution in [2.24, 2.45) is 5.73 Å². The van der Waals surface area contributed by atoms with Crippen LogP contribution in [0.25, 0.3) is 0 Å². The summed E-state index contributed by atoms with van der Waals surface area (Å²) >= 11 is 0. The Labute approximate surface area is 106 Å². The Balaban J connectivity index is 2.13. The molecule has 1 heterocycles. The lowest BCUT2D eigenvalue weighted by atomic mass is 10.1. The highest BCUT2D eigenvalue weighted by molar-refractivity contribution is 5.35. The fraction of sp³-hybridized carbons (Fsp3) is 0.231. The summed E-state index contributed by atoms with van der Waals surface area (Å²) in [4.78, 5) is 7.95. The Morgan fingerprint density at radius 3 is 2.56 bits per heavy atom. The number of anilines is 1. The van der Waals surface area contributed by atoms with Crippen molar-refractivity contribution < 1.29 is 4.74 Å². The first kappa shape index (κ1) is 12.3. The Hall–Kier alpha value is -2.14. The van der Waals surface area contributed by atoms with Gasteiger partial charge >= 0.3 is 0 Å². The number of aryl methyl sites for hydroxylation is 1. The zero-order valence-corrected chi connectivity index (χ0v) is 10.3. The molecule has 0 aliphatic carbocycles. The largest absolute Gasteiger partial charge is 0.454 e. The third-order valence-electron chi connectivity index (χ3n) is 2.54. The van der Waals surface area contributed by atoms with Crippen molar-refractivity contribution in [2.75, 3.05) is 12.3 Å². The van der Waals surface area contributed by atoms with Gasteiger partial charge in [-0.05, 0) is 37.6 Å². The van der Waals surface area contributed by atoms with E-state index in [1.807, 2.05) is 31.2 Å². The third kappa shape index (κ3) is 2.95.